The third-order valence-corrected chi connectivity index (χ3v) is 4.47. The molecule has 0 heterocycles. The van der Waals surface area contributed by atoms with E-state index in [1.54, 1.807) is 25.3 Å². The minimum absolute atomic E-state index is 0.0895. The van der Waals surface area contributed by atoms with Crippen molar-refractivity contribution in [2.24, 2.45) is 0 Å². The number of methoxy groups -OCH3 is 1. The Kier molecular flexibility index (Phi) is 8.07. The highest BCUT2D eigenvalue weighted by Gasteiger charge is 2.17. The van der Waals surface area contributed by atoms with Gasteiger partial charge >= 0.3 is 0 Å². The SMILES string of the molecule is CCCCC/C=C/C(=O)C[C@@H](c1ccc(F)cc1)c1ccc(OC)cc1. The molecule has 2 aromatic carbocycles. The molecular weight excluding hydrogens is 327 g/mol. The van der Waals surface area contributed by atoms with Gasteiger partial charge in [0, 0.05) is 12.3 Å². The fourth-order valence-corrected chi connectivity index (χ4v) is 2.96. The van der Waals surface area contributed by atoms with Crippen molar-refractivity contribution in [3.05, 3.63) is 77.6 Å². The van der Waals surface area contributed by atoms with Crippen LogP contribution in [0.15, 0.2) is 60.7 Å². The second kappa shape index (κ2) is 10.5. The van der Waals surface area contributed by atoms with Crippen LogP contribution in [0.25, 0.3) is 0 Å². The van der Waals surface area contributed by atoms with Crippen molar-refractivity contribution in [1.29, 1.82) is 0 Å². The van der Waals surface area contributed by atoms with E-state index in [1.807, 2.05) is 30.3 Å². The second-order valence-corrected chi connectivity index (χ2v) is 6.45. The summed E-state index contributed by atoms with van der Waals surface area (Å²) >= 11 is 0. The molecule has 0 aliphatic carbocycles. The van der Waals surface area contributed by atoms with E-state index in [-0.39, 0.29) is 17.5 Å². The molecule has 0 spiro atoms. The standard InChI is InChI=1S/C23H27FO2/c1-3-4-5-6-7-8-21(25)17-23(18-9-13-20(24)14-10-18)19-11-15-22(26-2)16-12-19/h7-16,23H,3-6,17H2,1-2H3/b8-7+/t23-/m0/s1. The largest absolute Gasteiger partial charge is 0.497 e. The van der Waals surface area contributed by atoms with Crippen molar-refractivity contribution in [3.8, 4) is 5.75 Å². The van der Waals surface area contributed by atoms with E-state index in [0.717, 1.165) is 29.7 Å². The monoisotopic (exact) mass is 354 g/mol. The van der Waals surface area contributed by atoms with E-state index in [2.05, 4.69) is 6.92 Å². The van der Waals surface area contributed by atoms with E-state index in [1.165, 1.54) is 25.0 Å². The lowest BCUT2D eigenvalue weighted by Crippen LogP contribution is -2.07. The Morgan fingerprint density at radius 3 is 2.23 bits per heavy atom. The predicted molar refractivity (Wildman–Crippen MR) is 104 cm³/mol. The molecule has 0 unspecified atom stereocenters. The van der Waals surface area contributed by atoms with Crippen molar-refractivity contribution in [2.45, 2.75) is 44.9 Å². The summed E-state index contributed by atoms with van der Waals surface area (Å²) in [5, 5.41) is 0. The molecule has 2 nitrogen and oxygen atoms in total. The summed E-state index contributed by atoms with van der Waals surface area (Å²) in [4.78, 5) is 12.4. The quantitative estimate of drug-likeness (QED) is 0.383. The number of halogens is 1. The van der Waals surface area contributed by atoms with E-state index in [9.17, 15) is 9.18 Å². The minimum Gasteiger partial charge on any atom is -0.497 e. The average molecular weight is 354 g/mol. The number of carbonyl (C=O) groups excluding carboxylic acids is 1. The number of hydrogen-bond acceptors (Lipinski definition) is 2. The molecule has 3 heteroatoms. The zero-order chi connectivity index (χ0) is 18.8. The Balaban J connectivity index is 2.14. The van der Waals surface area contributed by atoms with Gasteiger partial charge in [-0.1, -0.05) is 50.1 Å². The van der Waals surface area contributed by atoms with Crippen molar-refractivity contribution in [1.82, 2.24) is 0 Å². The van der Waals surface area contributed by atoms with Crippen LogP contribution < -0.4 is 4.74 Å². The normalized spacial score (nSPS) is 12.3. The molecule has 1 atom stereocenters. The van der Waals surface area contributed by atoms with Gasteiger partial charge in [-0.25, -0.2) is 4.39 Å². The van der Waals surface area contributed by atoms with E-state index < -0.39 is 0 Å². The maximum absolute atomic E-state index is 13.3. The third kappa shape index (κ3) is 6.14. The Bertz CT molecular complexity index is 702. The van der Waals surface area contributed by atoms with Crippen LogP contribution in [-0.2, 0) is 4.79 Å². The van der Waals surface area contributed by atoms with Crippen LogP contribution in [0.5, 0.6) is 5.75 Å². The Labute approximate surface area is 155 Å². The fraction of sp³-hybridized carbons (Fsp3) is 0.348. The minimum atomic E-state index is -0.274. The van der Waals surface area contributed by atoms with E-state index >= 15 is 0 Å². The summed E-state index contributed by atoms with van der Waals surface area (Å²) in [6.07, 6.45) is 8.42. The van der Waals surface area contributed by atoms with Gasteiger partial charge < -0.3 is 4.74 Å². The molecule has 138 valence electrons. The van der Waals surface area contributed by atoms with Crippen LogP contribution in [0.4, 0.5) is 4.39 Å². The molecule has 0 radical (unpaired) electrons. The molecule has 0 saturated carbocycles. The van der Waals surface area contributed by atoms with Crippen molar-refractivity contribution >= 4 is 5.78 Å². The number of hydrogen-bond donors (Lipinski definition) is 0. The highest BCUT2D eigenvalue weighted by molar-refractivity contribution is 5.90. The lowest BCUT2D eigenvalue weighted by atomic mass is 9.87. The lowest BCUT2D eigenvalue weighted by molar-refractivity contribution is -0.114. The zero-order valence-corrected chi connectivity index (χ0v) is 15.6. The van der Waals surface area contributed by atoms with Gasteiger partial charge in [0.1, 0.15) is 11.6 Å². The number of carbonyl (C=O) groups is 1. The number of ether oxygens (including phenoxy) is 1. The molecule has 0 fully saturated rings. The van der Waals surface area contributed by atoms with Gasteiger partial charge in [0.15, 0.2) is 5.78 Å². The number of ketones is 1. The molecule has 0 aromatic heterocycles. The van der Waals surface area contributed by atoms with Crippen LogP contribution in [0.3, 0.4) is 0 Å². The first-order chi connectivity index (χ1) is 12.6. The van der Waals surface area contributed by atoms with Crippen LogP contribution >= 0.6 is 0 Å². The first kappa shape index (κ1) is 19.9. The van der Waals surface area contributed by atoms with Gasteiger partial charge in [-0.2, -0.15) is 0 Å². The van der Waals surface area contributed by atoms with Crippen LogP contribution in [0.2, 0.25) is 0 Å². The average Bonchev–Trinajstić information content (AvgIpc) is 2.67. The van der Waals surface area contributed by atoms with Gasteiger partial charge in [-0.05, 0) is 54.3 Å². The Hall–Kier alpha value is -2.42. The Morgan fingerprint density at radius 2 is 1.65 bits per heavy atom. The molecular formula is C23H27FO2. The summed E-state index contributed by atoms with van der Waals surface area (Å²) in [5.74, 6) is 0.485. The molecule has 0 saturated heterocycles. The van der Waals surface area contributed by atoms with Crippen LogP contribution in [0, 0.1) is 5.82 Å². The van der Waals surface area contributed by atoms with Crippen LogP contribution in [0.1, 0.15) is 56.1 Å². The maximum atomic E-state index is 13.3. The number of rotatable bonds is 10. The highest BCUT2D eigenvalue weighted by atomic mass is 19.1. The highest BCUT2D eigenvalue weighted by Crippen LogP contribution is 2.30. The Morgan fingerprint density at radius 1 is 1.04 bits per heavy atom. The van der Waals surface area contributed by atoms with Gasteiger partial charge in [-0.3, -0.25) is 4.79 Å². The third-order valence-electron chi connectivity index (χ3n) is 4.47. The summed E-state index contributed by atoms with van der Waals surface area (Å²) in [6, 6.07) is 14.1. The summed E-state index contributed by atoms with van der Waals surface area (Å²) in [5.41, 5.74) is 1.95. The van der Waals surface area contributed by atoms with Crippen LogP contribution in [-0.4, -0.2) is 12.9 Å². The second-order valence-electron chi connectivity index (χ2n) is 6.45. The van der Waals surface area contributed by atoms with Crippen molar-refractivity contribution in [3.63, 3.8) is 0 Å². The lowest BCUT2D eigenvalue weighted by Gasteiger charge is -2.17. The molecule has 0 aliphatic heterocycles. The van der Waals surface area contributed by atoms with Crippen molar-refractivity contribution in [2.75, 3.05) is 7.11 Å². The number of unbranched alkanes of at least 4 members (excludes halogenated alkanes) is 3. The summed E-state index contributed by atoms with van der Waals surface area (Å²) in [6.45, 7) is 2.16. The fourth-order valence-electron chi connectivity index (χ4n) is 2.96. The summed E-state index contributed by atoms with van der Waals surface area (Å²) < 4.78 is 18.5. The summed E-state index contributed by atoms with van der Waals surface area (Å²) in [7, 11) is 1.62. The van der Waals surface area contributed by atoms with E-state index in [0.29, 0.717) is 6.42 Å². The molecule has 0 N–H and O–H groups in total. The number of allylic oxidation sites excluding steroid dienone is 2. The molecule has 2 aromatic rings. The topological polar surface area (TPSA) is 26.3 Å². The van der Waals surface area contributed by atoms with Gasteiger partial charge in [0.25, 0.3) is 0 Å². The molecule has 2 rings (SSSR count). The molecule has 0 bridgehead atoms. The predicted octanol–water partition coefficient (Wildman–Crippen LogP) is 6.06. The molecule has 0 aliphatic rings. The van der Waals surface area contributed by atoms with Gasteiger partial charge in [0.2, 0.25) is 0 Å². The first-order valence-corrected chi connectivity index (χ1v) is 9.22. The van der Waals surface area contributed by atoms with Gasteiger partial charge in [0.05, 0.1) is 7.11 Å². The van der Waals surface area contributed by atoms with Crippen molar-refractivity contribution < 1.29 is 13.9 Å². The van der Waals surface area contributed by atoms with Gasteiger partial charge in [-0.15, -0.1) is 0 Å². The molecule has 0 amide bonds. The molecule has 26 heavy (non-hydrogen) atoms. The maximum Gasteiger partial charge on any atom is 0.156 e. The first-order valence-electron chi connectivity index (χ1n) is 9.22. The number of benzene rings is 2. The zero-order valence-electron chi connectivity index (χ0n) is 15.6. The smallest absolute Gasteiger partial charge is 0.156 e. The van der Waals surface area contributed by atoms with E-state index in [4.69, 9.17) is 4.74 Å².